The highest BCUT2D eigenvalue weighted by molar-refractivity contribution is 5.35. The summed E-state index contributed by atoms with van der Waals surface area (Å²) in [7, 11) is 1.42. The van der Waals surface area contributed by atoms with Crippen molar-refractivity contribution in [1.82, 2.24) is 0 Å². The maximum atomic E-state index is 13.2. The van der Waals surface area contributed by atoms with Crippen molar-refractivity contribution in [2.45, 2.75) is 6.92 Å². The van der Waals surface area contributed by atoms with Crippen LogP contribution in [0, 0.1) is 5.82 Å². The highest BCUT2D eigenvalue weighted by Gasteiger charge is 2.07. The van der Waals surface area contributed by atoms with Crippen LogP contribution in [0.4, 0.5) is 4.39 Å². The molecular weight excluding hydrogens is 159 g/mol. The molecule has 2 nitrogen and oxygen atoms in total. The average molecular weight is 170 g/mol. The lowest BCUT2D eigenvalue weighted by Gasteiger charge is -2.06. The molecule has 0 atom stereocenters. The van der Waals surface area contributed by atoms with Crippen molar-refractivity contribution >= 4 is 0 Å². The van der Waals surface area contributed by atoms with Crippen LogP contribution in [0.25, 0.3) is 0 Å². The van der Waals surface area contributed by atoms with Crippen molar-refractivity contribution in [1.29, 1.82) is 0 Å². The molecule has 0 aromatic heterocycles. The molecule has 1 aromatic rings. The van der Waals surface area contributed by atoms with E-state index in [-0.39, 0.29) is 11.5 Å². The van der Waals surface area contributed by atoms with E-state index in [1.54, 1.807) is 25.1 Å². The van der Waals surface area contributed by atoms with E-state index in [1.165, 1.54) is 7.11 Å². The quantitative estimate of drug-likeness (QED) is 0.692. The third-order valence-electron chi connectivity index (χ3n) is 1.45. The molecule has 1 aromatic carbocycles. The Balaban J connectivity index is 2.97. The molecule has 3 heteroatoms. The molecule has 0 amide bonds. The Hall–Kier alpha value is -1.25. The summed E-state index contributed by atoms with van der Waals surface area (Å²) in [6.07, 6.45) is 0. The second-order valence-electron chi connectivity index (χ2n) is 2.21. The summed E-state index contributed by atoms with van der Waals surface area (Å²) < 4.78 is 23.0. The zero-order valence-corrected chi connectivity index (χ0v) is 7.13. The molecule has 0 unspecified atom stereocenters. The number of ether oxygens (including phenoxy) is 2. The number of halogens is 1. The summed E-state index contributed by atoms with van der Waals surface area (Å²) >= 11 is 0. The number of hydrogen-bond donors (Lipinski definition) is 0. The van der Waals surface area contributed by atoms with Gasteiger partial charge >= 0.3 is 0 Å². The Labute approximate surface area is 70.9 Å². The normalized spacial score (nSPS) is 9.58. The van der Waals surface area contributed by atoms with Crippen LogP contribution in [0.15, 0.2) is 18.2 Å². The summed E-state index contributed by atoms with van der Waals surface area (Å²) in [4.78, 5) is 0. The van der Waals surface area contributed by atoms with Crippen molar-refractivity contribution in [3.05, 3.63) is 24.0 Å². The molecular formula is C9H11FO2. The van der Waals surface area contributed by atoms with Crippen LogP contribution < -0.4 is 9.47 Å². The molecule has 1 rings (SSSR count). The van der Waals surface area contributed by atoms with Crippen LogP contribution in [0.2, 0.25) is 0 Å². The summed E-state index contributed by atoms with van der Waals surface area (Å²) in [6.45, 7) is 2.25. The van der Waals surface area contributed by atoms with Crippen molar-refractivity contribution in [2.24, 2.45) is 0 Å². The Kier molecular flexibility index (Phi) is 2.91. The highest BCUT2D eigenvalue weighted by atomic mass is 19.1. The predicted octanol–water partition coefficient (Wildman–Crippen LogP) is 2.23. The van der Waals surface area contributed by atoms with Gasteiger partial charge in [0.05, 0.1) is 13.7 Å². The first-order valence-electron chi connectivity index (χ1n) is 3.75. The Morgan fingerprint density at radius 1 is 1.33 bits per heavy atom. The third-order valence-corrected chi connectivity index (χ3v) is 1.45. The van der Waals surface area contributed by atoms with Crippen molar-refractivity contribution in [3.63, 3.8) is 0 Å². The van der Waals surface area contributed by atoms with Gasteiger partial charge in [-0.25, -0.2) is 0 Å². The van der Waals surface area contributed by atoms with Gasteiger partial charge in [0.25, 0.3) is 0 Å². The minimum atomic E-state index is -0.443. The lowest BCUT2D eigenvalue weighted by Crippen LogP contribution is -1.96. The molecule has 0 aliphatic carbocycles. The van der Waals surface area contributed by atoms with Crippen LogP contribution in [0.1, 0.15) is 6.92 Å². The van der Waals surface area contributed by atoms with E-state index in [2.05, 4.69) is 0 Å². The third kappa shape index (κ3) is 1.67. The van der Waals surface area contributed by atoms with Gasteiger partial charge in [-0.1, -0.05) is 6.07 Å². The first-order valence-corrected chi connectivity index (χ1v) is 3.75. The summed E-state index contributed by atoms with van der Waals surface area (Å²) in [5.41, 5.74) is 0. The molecule has 12 heavy (non-hydrogen) atoms. The fourth-order valence-electron chi connectivity index (χ4n) is 0.915. The van der Waals surface area contributed by atoms with E-state index in [0.29, 0.717) is 6.61 Å². The van der Waals surface area contributed by atoms with Gasteiger partial charge < -0.3 is 9.47 Å². The first-order chi connectivity index (χ1) is 5.79. The molecule has 0 bridgehead atoms. The number of benzene rings is 1. The topological polar surface area (TPSA) is 18.5 Å². The summed E-state index contributed by atoms with van der Waals surface area (Å²) in [6, 6.07) is 4.81. The standard InChI is InChI=1S/C9H11FO2/c1-3-12-8-6-4-5-7(11-2)9(8)10/h4-6H,3H2,1-2H3. The zero-order valence-electron chi connectivity index (χ0n) is 7.13. The van der Waals surface area contributed by atoms with Crippen LogP contribution in [-0.4, -0.2) is 13.7 Å². The number of methoxy groups -OCH3 is 1. The Morgan fingerprint density at radius 3 is 2.58 bits per heavy atom. The van der Waals surface area contributed by atoms with Crippen LogP contribution in [0.3, 0.4) is 0 Å². The molecule has 0 spiro atoms. The van der Waals surface area contributed by atoms with Gasteiger partial charge in [0, 0.05) is 0 Å². The maximum absolute atomic E-state index is 13.2. The average Bonchev–Trinajstić information content (AvgIpc) is 2.09. The van der Waals surface area contributed by atoms with E-state index in [0.717, 1.165) is 0 Å². The first kappa shape index (κ1) is 8.84. The molecule has 0 aliphatic heterocycles. The number of hydrogen-bond acceptors (Lipinski definition) is 2. The smallest absolute Gasteiger partial charge is 0.206 e. The predicted molar refractivity (Wildman–Crippen MR) is 44.1 cm³/mol. The fraction of sp³-hybridized carbons (Fsp3) is 0.333. The molecule has 0 fully saturated rings. The van der Waals surface area contributed by atoms with Crippen molar-refractivity contribution < 1.29 is 13.9 Å². The van der Waals surface area contributed by atoms with E-state index < -0.39 is 5.82 Å². The summed E-state index contributed by atoms with van der Waals surface area (Å²) in [5, 5.41) is 0. The molecule has 0 saturated carbocycles. The van der Waals surface area contributed by atoms with Gasteiger partial charge in [-0.3, -0.25) is 0 Å². The monoisotopic (exact) mass is 170 g/mol. The summed E-state index contributed by atoms with van der Waals surface area (Å²) in [5.74, 6) is -0.000324. The molecule has 0 aliphatic rings. The minimum Gasteiger partial charge on any atom is -0.494 e. The van der Waals surface area contributed by atoms with Crippen LogP contribution >= 0.6 is 0 Å². The Bertz CT molecular complexity index is 261. The lowest BCUT2D eigenvalue weighted by molar-refractivity contribution is 0.309. The van der Waals surface area contributed by atoms with Gasteiger partial charge in [0.15, 0.2) is 11.5 Å². The largest absolute Gasteiger partial charge is 0.494 e. The van der Waals surface area contributed by atoms with E-state index >= 15 is 0 Å². The molecule has 0 heterocycles. The van der Waals surface area contributed by atoms with E-state index in [1.807, 2.05) is 0 Å². The molecule has 0 saturated heterocycles. The van der Waals surface area contributed by atoms with Crippen LogP contribution in [0.5, 0.6) is 11.5 Å². The maximum Gasteiger partial charge on any atom is 0.206 e. The second kappa shape index (κ2) is 3.95. The van der Waals surface area contributed by atoms with Crippen LogP contribution in [-0.2, 0) is 0 Å². The number of rotatable bonds is 3. The van der Waals surface area contributed by atoms with Crippen molar-refractivity contribution in [2.75, 3.05) is 13.7 Å². The van der Waals surface area contributed by atoms with Gasteiger partial charge in [0.2, 0.25) is 5.82 Å². The Morgan fingerprint density at radius 2 is 2.00 bits per heavy atom. The molecule has 0 N–H and O–H groups in total. The lowest BCUT2D eigenvalue weighted by atomic mass is 10.3. The molecule has 66 valence electrons. The SMILES string of the molecule is CCOc1cccc(OC)c1F. The van der Waals surface area contributed by atoms with E-state index in [4.69, 9.17) is 9.47 Å². The second-order valence-corrected chi connectivity index (χ2v) is 2.21. The zero-order chi connectivity index (χ0) is 8.97. The minimum absolute atomic E-state index is 0.209. The fourth-order valence-corrected chi connectivity index (χ4v) is 0.915. The van der Waals surface area contributed by atoms with Gasteiger partial charge in [-0.15, -0.1) is 0 Å². The van der Waals surface area contributed by atoms with Gasteiger partial charge in [-0.05, 0) is 19.1 Å². The highest BCUT2D eigenvalue weighted by Crippen LogP contribution is 2.25. The van der Waals surface area contributed by atoms with Gasteiger partial charge in [0.1, 0.15) is 0 Å². The van der Waals surface area contributed by atoms with Crippen molar-refractivity contribution in [3.8, 4) is 11.5 Å². The molecule has 0 radical (unpaired) electrons. The van der Waals surface area contributed by atoms with Gasteiger partial charge in [-0.2, -0.15) is 4.39 Å². The van der Waals surface area contributed by atoms with E-state index in [9.17, 15) is 4.39 Å².